The lowest BCUT2D eigenvalue weighted by atomic mass is 10.1. The maximum absolute atomic E-state index is 6.64. The zero-order valence-corrected chi connectivity index (χ0v) is 26.2. The lowest BCUT2D eigenvalue weighted by Gasteiger charge is -2.39. The van der Waals surface area contributed by atoms with Crippen molar-refractivity contribution in [1.29, 1.82) is 0 Å². The Morgan fingerprint density at radius 2 is 1.67 bits per heavy atom. The molecule has 0 bridgehead atoms. The van der Waals surface area contributed by atoms with Gasteiger partial charge in [-0.05, 0) is 30.2 Å². The molecular weight excluding hydrogens is 535 g/mol. The zero-order valence-electron chi connectivity index (χ0n) is 22.7. The second-order valence-corrected chi connectivity index (χ2v) is 23.7. The predicted molar refractivity (Wildman–Crippen MR) is 150 cm³/mol. The van der Waals surface area contributed by atoms with Crippen LogP contribution in [-0.4, -0.2) is 70.2 Å². The Morgan fingerprint density at radius 1 is 1.03 bits per heavy atom. The summed E-state index contributed by atoms with van der Waals surface area (Å²) in [7, 11) is -3.15. The third kappa shape index (κ3) is 6.14. The highest BCUT2D eigenvalue weighted by atomic mass is 35.5. The first-order chi connectivity index (χ1) is 16.7. The summed E-state index contributed by atoms with van der Waals surface area (Å²) in [4.78, 5) is 4.45. The topological polar surface area (TPSA) is 64.0 Å². The van der Waals surface area contributed by atoms with E-state index >= 15 is 0 Å². The summed E-state index contributed by atoms with van der Waals surface area (Å²) < 4.78 is 33.5. The first kappa shape index (κ1) is 28.4. The van der Waals surface area contributed by atoms with Crippen LogP contribution >= 0.6 is 23.2 Å². The van der Waals surface area contributed by atoms with Gasteiger partial charge in [-0.3, -0.25) is 4.57 Å². The third-order valence-electron chi connectivity index (χ3n) is 7.46. The Kier molecular flexibility index (Phi) is 8.26. The van der Waals surface area contributed by atoms with Crippen LogP contribution in [0.2, 0.25) is 54.0 Å². The summed E-state index contributed by atoms with van der Waals surface area (Å²) in [5.74, 6) is 0.635. The van der Waals surface area contributed by atoms with Gasteiger partial charge in [0.2, 0.25) is 0 Å². The Hall–Kier alpha value is -0.656. The van der Waals surface area contributed by atoms with Gasteiger partial charge in [-0.25, -0.2) is 4.98 Å². The number of rotatable bonds is 9. The van der Waals surface area contributed by atoms with E-state index in [4.69, 9.17) is 46.6 Å². The van der Waals surface area contributed by atoms with E-state index in [-0.39, 0.29) is 34.6 Å². The van der Waals surface area contributed by atoms with E-state index in [1.54, 1.807) is 0 Å². The fraction of sp³-hybridized carbons (Fsp3) is 0.720. The molecule has 2 saturated heterocycles. The van der Waals surface area contributed by atoms with Gasteiger partial charge in [-0.1, -0.05) is 63.6 Å². The smallest absolute Gasteiger partial charge is 0.198 e. The van der Waals surface area contributed by atoms with Gasteiger partial charge in [0.25, 0.3) is 0 Å². The first-order valence-electron chi connectivity index (χ1n) is 12.7. The molecule has 4 atom stereocenters. The van der Waals surface area contributed by atoms with Crippen LogP contribution in [0.1, 0.15) is 20.8 Å². The van der Waals surface area contributed by atoms with Gasteiger partial charge >= 0.3 is 0 Å². The highest BCUT2D eigenvalue weighted by Gasteiger charge is 2.52. The van der Waals surface area contributed by atoms with E-state index in [9.17, 15) is 0 Å². The van der Waals surface area contributed by atoms with Gasteiger partial charge < -0.3 is 23.4 Å². The lowest BCUT2D eigenvalue weighted by Crippen LogP contribution is -2.47. The Labute approximate surface area is 226 Å². The number of ether oxygens (including phenoxy) is 4. The fourth-order valence-corrected chi connectivity index (χ4v) is 6.57. The first-order valence-corrected chi connectivity index (χ1v) is 20.0. The molecule has 0 unspecified atom stereocenters. The summed E-state index contributed by atoms with van der Waals surface area (Å²) >= 11 is 12.5. The molecule has 0 radical (unpaired) electrons. The molecule has 0 aliphatic carbocycles. The van der Waals surface area contributed by atoms with Crippen molar-refractivity contribution in [3.05, 3.63) is 22.3 Å². The number of nitrogens with zero attached hydrogens (tertiary/aromatic N) is 2. The molecule has 2 aliphatic rings. The average molecular weight is 576 g/mol. The van der Waals surface area contributed by atoms with Crippen molar-refractivity contribution in [1.82, 2.24) is 9.55 Å². The van der Waals surface area contributed by atoms with Crippen LogP contribution in [0.5, 0.6) is 5.88 Å². The van der Waals surface area contributed by atoms with Crippen LogP contribution in [0.25, 0.3) is 11.0 Å². The van der Waals surface area contributed by atoms with Crippen molar-refractivity contribution in [2.24, 2.45) is 0 Å². The minimum Gasteiger partial charge on any atom is -0.470 e. The van der Waals surface area contributed by atoms with Crippen LogP contribution in [0.15, 0.2) is 12.1 Å². The molecule has 36 heavy (non-hydrogen) atoms. The molecule has 0 aromatic carbocycles. The number of hydrogen-bond donors (Lipinski definition) is 0. The van der Waals surface area contributed by atoms with Gasteiger partial charge in [0.1, 0.15) is 24.1 Å². The van der Waals surface area contributed by atoms with Crippen LogP contribution in [0, 0.1) is 0 Å². The molecule has 2 aromatic rings. The summed E-state index contributed by atoms with van der Waals surface area (Å²) in [5, 5.41) is 0.777. The molecular formula is C25H40Cl2N2O5Si2. The van der Waals surface area contributed by atoms with Crippen molar-refractivity contribution in [2.75, 3.05) is 19.8 Å². The van der Waals surface area contributed by atoms with Gasteiger partial charge in [-0.15, -0.1) is 0 Å². The number of halogens is 2. The van der Waals surface area contributed by atoms with Crippen LogP contribution in [-0.2, 0) is 25.4 Å². The second-order valence-electron chi connectivity index (χ2n) is 12.6. The van der Waals surface area contributed by atoms with Crippen LogP contribution in [0.3, 0.4) is 0 Å². The van der Waals surface area contributed by atoms with E-state index in [0.717, 1.165) is 11.6 Å². The maximum atomic E-state index is 6.64. The van der Waals surface area contributed by atoms with Gasteiger partial charge in [0.05, 0.1) is 35.4 Å². The normalized spacial score (nSPS) is 25.1. The Balaban J connectivity index is 1.51. The number of aromatic nitrogens is 2. The van der Waals surface area contributed by atoms with Gasteiger partial charge in [0.15, 0.2) is 20.3 Å². The van der Waals surface area contributed by atoms with Crippen molar-refractivity contribution in [3.8, 4) is 5.88 Å². The lowest BCUT2D eigenvalue weighted by molar-refractivity contribution is 0.00859. The molecule has 7 nitrogen and oxygen atoms in total. The van der Waals surface area contributed by atoms with Crippen LogP contribution < -0.4 is 4.74 Å². The summed E-state index contributed by atoms with van der Waals surface area (Å²) in [6.45, 7) is 20.2. The van der Waals surface area contributed by atoms with E-state index in [1.807, 2.05) is 16.7 Å². The van der Waals surface area contributed by atoms with Crippen molar-refractivity contribution < 1.29 is 23.4 Å². The highest BCUT2D eigenvalue weighted by molar-refractivity contribution is 6.76. The van der Waals surface area contributed by atoms with Gasteiger partial charge in [-0.2, -0.15) is 0 Å². The quantitative estimate of drug-likeness (QED) is 0.191. The van der Waals surface area contributed by atoms with E-state index in [1.165, 1.54) is 0 Å². The van der Waals surface area contributed by atoms with E-state index in [0.29, 0.717) is 43.0 Å². The molecule has 4 rings (SSSR count). The largest absolute Gasteiger partial charge is 0.470 e. The maximum Gasteiger partial charge on any atom is 0.198 e. The van der Waals surface area contributed by atoms with E-state index in [2.05, 4.69) is 58.5 Å². The molecule has 2 fully saturated rings. The van der Waals surface area contributed by atoms with Crippen LogP contribution in [0.4, 0.5) is 0 Å². The summed E-state index contributed by atoms with van der Waals surface area (Å²) in [6, 6.07) is 4.77. The number of fused-ring (bicyclic) bond motifs is 2. The minimum absolute atomic E-state index is 0.0838. The average Bonchev–Trinajstić information content (AvgIpc) is 3.40. The third-order valence-corrected chi connectivity index (χ3v) is 14.3. The predicted octanol–water partition coefficient (Wildman–Crippen LogP) is 6.59. The molecule has 4 heterocycles. The van der Waals surface area contributed by atoms with Crippen molar-refractivity contribution >= 4 is 50.6 Å². The fourth-order valence-electron chi connectivity index (χ4n) is 4.21. The summed E-state index contributed by atoms with van der Waals surface area (Å²) in [5.41, 5.74) is 1.52. The molecule has 0 N–H and O–H groups in total. The molecule has 0 amide bonds. The Morgan fingerprint density at radius 3 is 2.31 bits per heavy atom. The Bertz CT molecular complexity index is 1080. The second kappa shape index (κ2) is 10.5. The standard InChI is InChI=1S/C25H40Cl2N2O5Si2/c1-25(2,3)36(7,8)34-20-14-32-22-19(13-31-23(20)22)33-21-12-17-18(11-16(26)24(27)28-17)29(21)15-30-9-10-35(4,5)6/h11-12,19-20,22-23H,9-10,13-15H2,1-8H3/t19-,20-,22-,23-/m1/s1. The zero-order chi connectivity index (χ0) is 26.5. The summed E-state index contributed by atoms with van der Waals surface area (Å²) in [6.07, 6.45) is -0.685. The molecule has 2 aromatic heterocycles. The number of pyridine rings is 1. The monoisotopic (exact) mass is 574 g/mol. The SMILES string of the molecule is CC(C)(C)[Si](C)(C)O[C@@H]1CO[C@H]2[C@@H]1OC[C@H]2Oc1cc2nc(Cl)c(Cl)cc2n1COCC[Si](C)(C)C. The molecule has 2 aliphatic heterocycles. The molecule has 0 spiro atoms. The van der Waals surface area contributed by atoms with E-state index < -0.39 is 16.4 Å². The van der Waals surface area contributed by atoms with Gasteiger partial charge in [0, 0.05) is 20.7 Å². The highest BCUT2D eigenvalue weighted by Crippen LogP contribution is 2.41. The molecule has 11 heteroatoms. The van der Waals surface area contributed by atoms with Crippen molar-refractivity contribution in [3.63, 3.8) is 0 Å². The van der Waals surface area contributed by atoms with Crippen molar-refractivity contribution in [2.45, 2.75) is 95.7 Å². The minimum atomic E-state index is -1.95. The number of hydrogen-bond acceptors (Lipinski definition) is 6. The molecule has 202 valence electrons. The molecule has 0 saturated carbocycles.